The molecule has 0 amide bonds. The second-order valence-corrected chi connectivity index (χ2v) is 1.87. The molecule has 0 saturated carbocycles. The summed E-state index contributed by atoms with van der Waals surface area (Å²) in [4.78, 5) is 10.2. The third kappa shape index (κ3) is 1.62. The molecule has 0 rings (SSSR count). The number of carbonyl (C=O) groups excluding carboxylic acids is 1. The number of carbonyl (C=O) groups is 1. The van der Waals surface area contributed by atoms with E-state index in [0.29, 0.717) is 6.92 Å². The number of methoxy groups -OCH3 is 1. The van der Waals surface area contributed by atoms with Crippen molar-refractivity contribution in [1.82, 2.24) is 0 Å². The van der Waals surface area contributed by atoms with Gasteiger partial charge in [0.1, 0.15) is 0 Å². The van der Waals surface area contributed by atoms with E-state index in [0.717, 1.165) is 7.11 Å². The van der Waals surface area contributed by atoms with Gasteiger partial charge in [0.25, 0.3) is 12.1 Å². The van der Waals surface area contributed by atoms with Crippen LogP contribution >= 0.6 is 0 Å². The fraction of sp³-hybridized carbons (Fsp3) is 0.800. The summed E-state index contributed by atoms with van der Waals surface area (Å²) < 4.78 is 39.3. The first-order valence-electron chi connectivity index (χ1n) is 2.48. The molecule has 0 bridgehead atoms. The fourth-order valence-electron chi connectivity index (χ4n) is 0.289. The van der Waals surface area contributed by atoms with Crippen LogP contribution in [0.15, 0.2) is 0 Å². The first-order valence-corrected chi connectivity index (χ1v) is 2.48. The second-order valence-electron chi connectivity index (χ2n) is 1.87. The molecule has 10 heavy (non-hydrogen) atoms. The summed E-state index contributed by atoms with van der Waals surface area (Å²) in [7, 11) is 0.850. The van der Waals surface area contributed by atoms with E-state index in [-0.39, 0.29) is 0 Å². The number of hydrogen-bond donors (Lipinski definition) is 0. The summed E-state index contributed by atoms with van der Waals surface area (Å²) in [6, 6.07) is 0. The molecule has 0 saturated heterocycles. The SMILES string of the molecule is COC(=O)C(C)(F)C(F)F. The monoisotopic (exact) mass is 156 g/mol. The minimum absolute atomic E-state index is 0.476. The number of esters is 1. The van der Waals surface area contributed by atoms with Gasteiger partial charge in [-0.1, -0.05) is 0 Å². The van der Waals surface area contributed by atoms with Gasteiger partial charge in [0.05, 0.1) is 7.11 Å². The van der Waals surface area contributed by atoms with Crippen molar-refractivity contribution < 1.29 is 22.7 Å². The van der Waals surface area contributed by atoms with E-state index < -0.39 is 18.1 Å². The van der Waals surface area contributed by atoms with Gasteiger partial charge >= 0.3 is 5.97 Å². The van der Waals surface area contributed by atoms with Gasteiger partial charge in [-0.15, -0.1) is 0 Å². The summed E-state index contributed by atoms with van der Waals surface area (Å²) in [5.74, 6) is -1.55. The van der Waals surface area contributed by atoms with Crippen LogP contribution in [-0.4, -0.2) is 25.2 Å². The van der Waals surface area contributed by atoms with E-state index in [2.05, 4.69) is 4.74 Å². The quantitative estimate of drug-likeness (QED) is 0.560. The Bertz CT molecular complexity index is 133. The Labute approximate surface area is 56.0 Å². The Kier molecular flexibility index (Phi) is 2.68. The van der Waals surface area contributed by atoms with Crippen molar-refractivity contribution >= 4 is 5.97 Å². The number of alkyl halides is 3. The molecule has 1 unspecified atom stereocenters. The van der Waals surface area contributed by atoms with Gasteiger partial charge in [-0.25, -0.2) is 18.0 Å². The lowest BCUT2D eigenvalue weighted by molar-refractivity contribution is -0.164. The molecule has 0 heterocycles. The van der Waals surface area contributed by atoms with Crippen molar-refractivity contribution in [3.63, 3.8) is 0 Å². The summed E-state index contributed by atoms with van der Waals surface area (Å²) in [6.45, 7) is 0.476. The fourth-order valence-corrected chi connectivity index (χ4v) is 0.289. The van der Waals surface area contributed by atoms with Crippen molar-refractivity contribution in [2.45, 2.75) is 19.0 Å². The molecule has 0 spiro atoms. The van der Waals surface area contributed by atoms with Gasteiger partial charge in [0.15, 0.2) is 0 Å². The zero-order valence-corrected chi connectivity index (χ0v) is 5.53. The Morgan fingerprint density at radius 1 is 1.60 bits per heavy atom. The van der Waals surface area contributed by atoms with Crippen molar-refractivity contribution in [2.24, 2.45) is 0 Å². The highest BCUT2D eigenvalue weighted by Gasteiger charge is 2.44. The molecule has 2 nitrogen and oxygen atoms in total. The van der Waals surface area contributed by atoms with Crippen molar-refractivity contribution in [1.29, 1.82) is 0 Å². The molecule has 0 aliphatic carbocycles. The molecule has 0 N–H and O–H groups in total. The minimum atomic E-state index is -3.35. The van der Waals surface area contributed by atoms with E-state index in [1.165, 1.54) is 0 Å². The number of hydrogen-bond acceptors (Lipinski definition) is 2. The molecule has 5 heteroatoms. The Morgan fingerprint density at radius 2 is 2.00 bits per heavy atom. The maximum absolute atomic E-state index is 12.4. The molecular formula is C5H7F3O2. The average Bonchev–Trinajstić information content (AvgIpc) is 1.86. The number of halogens is 3. The molecule has 0 aliphatic heterocycles. The Hall–Kier alpha value is -0.740. The molecule has 0 fully saturated rings. The maximum Gasteiger partial charge on any atom is 0.349 e. The molecule has 60 valence electrons. The van der Waals surface area contributed by atoms with Crippen LogP contribution in [0.25, 0.3) is 0 Å². The van der Waals surface area contributed by atoms with Crippen LogP contribution in [0, 0.1) is 0 Å². The van der Waals surface area contributed by atoms with Crippen LogP contribution in [0.3, 0.4) is 0 Å². The van der Waals surface area contributed by atoms with Gasteiger partial charge in [0.2, 0.25) is 0 Å². The lowest BCUT2D eigenvalue weighted by Gasteiger charge is -2.14. The third-order valence-electron chi connectivity index (χ3n) is 0.994. The zero-order chi connectivity index (χ0) is 8.36. The molecule has 0 aliphatic rings. The van der Waals surface area contributed by atoms with Crippen LogP contribution in [0.2, 0.25) is 0 Å². The number of ether oxygens (including phenoxy) is 1. The molecular weight excluding hydrogens is 149 g/mol. The predicted octanol–water partition coefficient (Wildman–Crippen LogP) is 1.15. The molecule has 0 radical (unpaired) electrons. The standard InChI is InChI=1S/C5H7F3O2/c1-5(8,3(6)7)4(9)10-2/h3H,1-2H3. The third-order valence-corrected chi connectivity index (χ3v) is 0.994. The summed E-state index contributed by atoms with van der Waals surface area (Å²) in [5, 5.41) is 0. The summed E-state index contributed by atoms with van der Waals surface area (Å²) in [5.41, 5.74) is -3.19. The normalized spacial score (nSPS) is 16.6. The average molecular weight is 156 g/mol. The van der Waals surface area contributed by atoms with Crippen LogP contribution in [0.5, 0.6) is 0 Å². The molecule has 0 aromatic rings. The van der Waals surface area contributed by atoms with E-state index in [1.54, 1.807) is 0 Å². The van der Waals surface area contributed by atoms with Crippen molar-refractivity contribution in [2.75, 3.05) is 7.11 Å². The minimum Gasteiger partial charge on any atom is -0.466 e. The molecule has 0 aromatic heterocycles. The highest BCUT2D eigenvalue weighted by Crippen LogP contribution is 2.21. The van der Waals surface area contributed by atoms with Crippen LogP contribution < -0.4 is 0 Å². The first-order chi connectivity index (χ1) is 4.42. The van der Waals surface area contributed by atoms with Gasteiger partial charge in [0, 0.05) is 0 Å². The molecule has 1 atom stereocenters. The summed E-state index contributed by atoms with van der Waals surface area (Å²) in [6.07, 6.45) is -3.35. The lowest BCUT2D eigenvalue weighted by atomic mass is 10.1. The van der Waals surface area contributed by atoms with Gasteiger partial charge < -0.3 is 4.74 Å². The van der Waals surface area contributed by atoms with Crippen LogP contribution in [0.4, 0.5) is 13.2 Å². The predicted molar refractivity (Wildman–Crippen MR) is 27.5 cm³/mol. The maximum atomic E-state index is 12.4. The highest BCUT2D eigenvalue weighted by molar-refractivity contribution is 5.79. The van der Waals surface area contributed by atoms with Crippen LogP contribution in [-0.2, 0) is 9.53 Å². The van der Waals surface area contributed by atoms with Gasteiger partial charge in [-0.2, -0.15) is 0 Å². The van der Waals surface area contributed by atoms with E-state index in [1.807, 2.05) is 0 Å². The van der Waals surface area contributed by atoms with Crippen LogP contribution in [0.1, 0.15) is 6.92 Å². The van der Waals surface area contributed by atoms with E-state index >= 15 is 0 Å². The summed E-state index contributed by atoms with van der Waals surface area (Å²) >= 11 is 0. The zero-order valence-electron chi connectivity index (χ0n) is 5.53. The first kappa shape index (κ1) is 9.26. The van der Waals surface area contributed by atoms with Crippen molar-refractivity contribution in [3.05, 3.63) is 0 Å². The lowest BCUT2D eigenvalue weighted by Crippen LogP contribution is -2.38. The smallest absolute Gasteiger partial charge is 0.349 e. The van der Waals surface area contributed by atoms with E-state index in [9.17, 15) is 18.0 Å². The molecule has 0 aromatic carbocycles. The van der Waals surface area contributed by atoms with E-state index in [4.69, 9.17) is 0 Å². The topological polar surface area (TPSA) is 26.3 Å². The van der Waals surface area contributed by atoms with Gasteiger partial charge in [-0.3, -0.25) is 0 Å². The van der Waals surface area contributed by atoms with Crippen molar-refractivity contribution in [3.8, 4) is 0 Å². The number of rotatable bonds is 2. The Morgan fingerprint density at radius 3 is 2.10 bits per heavy atom. The Balaban J connectivity index is 4.24. The second kappa shape index (κ2) is 2.90. The van der Waals surface area contributed by atoms with Gasteiger partial charge in [-0.05, 0) is 6.92 Å². The highest BCUT2D eigenvalue weighted by atomic mass is 19.3. The largest absolute Gasteiger partial charge is 0.466 e.